The summed E-state index contributed by atoms with van der Waals surface area (Å²) in [5, 5.41) is 2.97. The van der Waals surface area contributed by atoms with Crippen molar-refractivity contribution in [3.05, 3.63) is 59.7 Å². The van der Waals surface area contributed by atoms with E-state index in [1.807, 2.05) is 30.3 Å². The van der Waals surface area contributed by atoms with Crippen LogP contribution in [0.15, 0.2) is 53.4 Å². The molecule has 0 bridgehead atoms. The molecule has 2 amide bonds. The predicted molar refractivity (Wildman–Crippen MR) is 108 cm³/mol. The summed E-state index contributed by atoms with van der Waals surface area (Å²) in [4.78, 5) is 26.5. The fourth-order valence-electron chi connectivity index (χ4n) is 2.70. The van der Waals surface area contributed by atoms with Crippen molar-refractivity contribution in [2.45, 2.75) is 18.7 Å². The van der Waals surface area contributed by atoms with Crippen molar-refractivity contribution in [1.82, 2.24) is 5.32 Å². The maximum Gasteiger partial charge on any atom is 0.252 e. The van der Waals surface area contributed by atoms with Gasteiger partial charge in [-0.05, 0) is 37.6 Å². The third-order valence-corrected chi connectivity index (χ3v) is 5.10. The second-order valence-electron chi connectivity index (χ2n) is 5.87. The Bertz CT molecular complexity index is 764. The molecule has 0 radical (unpaired) electrons. The number of thioether (sulfide) groups is 1. The SMILES string of the molecule is CCN(CCNC(=O)c1ccccc1SCC(N)=O)c1ccccc1C. The van der Waals surface area contributed by atoms with Gasteiger partial charge in [0.2, 0.25) is 5.91 Å². The molecule has 0 spiro atoms. The molecule has 3 N–H and O–H groups in total. The first-order chi connectivity index (χ1) is 12.5. The van der Waals surface area contributed by atoms with Gasteiger partial charge in [0, 0.05) is 30.2 Å². The van der Waals surface area contributed by atoms with Crippen molar-refractivity contribution in [2.75, 3.05) is 30.3 Å². The van der Waals surface area contributed by atoms with Crippen molar-refractivity contribution in [3.8, 4) is 0 Å². The number of carbonyl (C=O) groups excluding carboxylic acids is 2. The largest absolute Gasteiger partial charge is 0.370 e. The topological polar surface area (TPSA) is 75.4 Å². The molecule has 138 valence electrons. The lowest BCUT2D eigenvalue weighted by molar-refractivity contribution is -0.115. The second kappa shape index (κ2) is 9.87. The first-order valence-corrected chi connectivity index (χ1v) is 9.60. The molecule has 0 aliphatic rings. The Morgan fingerprint density at radius 2 is 1.81 bits per heavy atom. The number of amides is 2. The number of nitrogens with zero attached hydrogens (tertiary/aromatic N) is 1. The number of carbonyl (C=O) groups is 2. The predicted octanol–water partition coefficient (Wildman–Crippen LogP) is 2.83. The summed E-state index contributed by atoms with van der Waals surface area (Å²) in [6, 6.07) is 15.5. The van der Waals surface area contributed by atoms with Gasteiger partial charge in [0.15, 0.2) is 0 Å². The van der Waals surface area contributed by atoms with E-state index < -0.39 is 5.91 Å². The summed E-state index contributed by atoms with van der Waals surface area (Å²) in [7, 11) is 0. The zero-order valence-electron chi connectivity index (χ0n) is 15.2. The highest BCUT2D eigenvalue weighted by Gasteiger charge is 2.13. The molecule has 0 saturated heterocycles. The molecular formula is C20H25N3O2S. The minimum atomic E-state index is -0.401. The number of hydrogen-bond donors (Lipinski definition) is 2. The van der Waals surface area contributed by atoms with Crippen molar-refractivity contribution in [2.24, 2.45) is 5.73 Å². The van der Waals surface area contributed by atoms with E-state index in [0.717, 1.165) is 18.0 Å². The molecule has 0 unspecified atom stereocenters. The summed E-state index contributed by atoms with van der Waals surface area (Å²) in [6.45, 7) is 6.32. The minimum absolute atomic E-state index is 0.140. The molecular weight excluding hydrogens is 346 g/mol. The van der Waals surface area contributed by atoms with E-state index in [2.05, 4.69) is 36.2 Å². The van der Waals surface area contributed by atoms with Crippen LogP contribution in [0.25, 0.3) is 0 Å². The number of hydrogen-bond acceptors (Lipinski definition) is 4. The van der Waals surface area contributed by atoms with Crippen LogP contribution in [0, 0.1) is 6.92 Å². The number of para-hydroxylation sites is 1. The molecule has 6 heteroatoms. The summed E-state index contributed by atoms with van der Waals surface area (Å²) < 4.78 is 0. The van der Waals surface area contributed by atoms with Gasteiger partial charge in [0.1, 0.15) is 0 Å². The summed E-state index contributed by atoms with van der Waals surface area (Å²) in [6.07, 6.45) is 0. The lowest BCUT2D eigenvalue weighted by atomic mass is 10.2. The highest BCUT2D eigenvalue weighted by Crippen LogP contribution is 2.22. The van der Waals surface area contributed by atoms with Gasteiger partial charge in [-0.3, -0.25) is 9.59 Å². The maximum atomic E-state index is 12.5. The zero-order valence-corrected chi connectivity index (χ0v) is 16.0. The van der Waals surface area contributed by atoms with Gasteiger partial charge in [-0.2, -0.15) is 0 Å². The fraction of sp³-hybridized carbons (Fsp3) is 0.300. The molecule has 0 saturated carbocycles. The maximum absolute atomic E-state index is 12.5. The van der Waals surface area contributed by atoms with Crippen LogP contribution in [0.1, 0.15) is 22.8 Å². The van der Waals surface area contributed by atoms with Gasteiger partial charge < -0.3 is 16.0 Å². The Balaban J connectivity index is 1.96. The van der Waals surface area contributed by atoms with Gasteiger partial charge in [-0.25, -0.2) is 0 Å². The fourth-order valence-corrected chi connectivity index (χ4v) is 3.48. The number of nitrogens with two attached hydrogens (primary N) is 1. The van der Waals surface area contributed by atoms with Gasteiger partial charge in [0.05, 0.1) is 11.3 Å². The summed E-state index contributed by atoms with van der Waals surface area (Å²) >= 11 is 1.28. The van der Waals surface area contributed by atoms with E-state index in [4.69, 9.17) is 5.73 Å². The van der Waals surface area contributed by atoms with Crippen LogP contribution in [0.5, 0.6) is 0 Å². The smallest absolute Gasteiger partial charge is 0.252 e. The molecule has 2 rings (SSSR count). The minimum Gasteiger partial charge on any atom is -0.370 e. The van der Waals surface area contributed by atoms with Crippen LogP contribution in [-0.4, -0.2) is 37.2 Å². The van der Waals surface area contributed by atoms with Crippen LogP contribution in [0.4, 0.5) is 5.69 Å². The molecule has 5 nitrogen and oxygen atoms in total. The van der Waals surface area contributed by atoms with Gasteiger partial charge in [-0.15, -0.1) is 11.8 Å². The number of primary amides is 1. The zero-order chi connectivity index (χ0) is 18.9. The highest BCUT2D eigenvalue weighted by atomic mass is 32.2. The van der Waals surface area contributed by atoms with Crippen molar-refractivity contribution in [3.63, 3.8) is 0 Å². The summed E-state index contributed by atoms with van der Waals surface area (Å²) in [5.74, 6) is -0.387. The highest BCUT2D eigenvalue weighted by molar-refractivity contribution is 8.00. The van der Waals surface area contributed by atoms with Crippen LogP contribution in [0.3, 0.4) is 0 Å². The monoisotopic (exact) mass is 371 g/mol. The standard InChI is InChI=1S/C20H25N3O2S/c1-3-23(17-10-6-4-8-15(17)2)13-12-22-20(25)16-9-5-7-11-18(16)26-14-19(21)24/h4-11H,3,12-14H2,1-2H3,(H2,21,24)(H,22,25). The molecule has 26 heavy (non-hydrogen) atoms. The molecule has 0 aromatic heterocycles. The van der Waals surface area contributed by atoms with Gasteiger partial charge >= 0.3 is 0 Å². The van der Waals surface area contributed by atoms with Crippen molar-refractivity contribution in [1.29, 1.82) is 0 Å². The molecule has 2 aromatic rings. The normalized spacial score (nSPS) is 10.4. The van der Waals surface area contributed by atoms with E-state index in [1.165, 1.54) is 23.0 Å². The Morgan fingerprint density at radius 3 is 2.50 bits per heavy atom. The van der Waals surface area contributed by atoms with Crippen LogP contribution in [0.2, 0.25) is 0 Å². The third-order valence-electron chi connectivity index (χ3n) is 4.01. The van der Waals surface area contributed by atoms with E-state index in [9.17, 15) is 9.59 Å². The first-order valence-electron chi connectivity index (χ1n) is 8.61. The molecule has 0 atom stereocenters. The molecule has 0 aliphatic carbocycles. The Hall–Kier alpha value is -2.47. The van der Waals surface area contributed by atoms with Crippen molar-refractivity contribution >= 4 is 29.3 Å². The third kappa shape index (κ3) is 5.52. The average Bonchev–Trinajstić information content (AvgIpc) is 2.64. The number of aryl methyl sites for hydroxylation is 1. The van der Waals surface area contributed by atoms with E-state index in [0.29, 0.717) is 12.1 Å². The summed E-state index contributed by atoms with van der Waals surface area (Å²) in [5.41, 5.74) is 8.16. The lowest BCUT2D eigenvalue weighted by Crippen LogP contribution is -2.35. The molecule has 0 heterocycles. The van der Waals surface area contributed by atoms with Crippen LogP contribution < -0.4 is 16.0 Å². The molecule has 2 aromatic carbocycles. The quantitative estimate of drug-likeness (QED) is 0.665. The van der Waals surface area contributed by atoms with E-state index >= 15 is 0 Å². The van der Waals surface area contributed by atoms with Crippen LogP contribution in [-0.2, 0) is 4.79 Å². The van der Waals surface area contributed by atoms with E-state index in [1.54, 1.807) is 6.07 Å². The molecule has 0 fully saturated rings. The van der Waals surface area contributed by atoms with Crippen molar-refractivity contribution < 1.29 is 9.59 Å². The Labute approximate surface area is 159 Å². The first kappa shape index (κ1) is 19.8. The number of benzene rings is 2. The Morgan fingerprint density at radius 1 is 1.12 bits per heavy atom. The number of nitrogens with one attached hydrogen (secondary N) is 1. The number of anilines is 1. The van der Waals surface area contributed by atoms with Crippen LogP contribution >= 0.6 is 11.8 Å². The van der Waals surface area contributed by atoms with Gasteiger partial charge in [0.25, 0.3) is 5.91 Å². The number of rotatable bonds is 9. The second-order valence-corrected chi connectivity index (χ2v) is 6.89. The Kier molecular flexibility index (Phi) is 7.53. The number of likely N-dealkylation sites (N-methyl/N-ethyl adjacent to an activating group) is 1. The average molecular weight is 372 g/mol. The van der Waals surface area contributed by atoms with E-state index in [-0.39, 0.29) is 11.7 Å². The van der Waals surface area contributed by atoms with Gasteiger partial charge in [-0.1, -0.05) is 30.3 Å². The molecule has 0 aliphatic heterocycles. The lowest BCUT2D eigenvalue weighted by Gasteiger charge is -2.25.